The third-order valence-corrected chi connectivity index (χ3v) is 1.77. The lowest BCUT2D eigenvalue weighted by Gasteiger charge is -2.05. The molecule has 0 aliphatic heterocycles. The Kier molecular flexibility index (Phi) is 2.49. The zero-order valence-electron chi connectivity index (χ0n) is 7.85. The molecule has 0 amide bonds. The quantitative estimate of drug-likeness (QED) is 0.817. The Morgan fingerprint density at radius 2 is 2.00 bits per heavy atom. The summed E-state index contributed by atoms with van der Waals surface area (Å²) in [5.41, 5.74) is 6.03. The molecule has 15 heavy (non-hydrogen) atoms. The van der Waals surface area contributed by atoms with Crippen LogP contribution in [-0.4, -0.2) is 4.98 Å². The van der Waals surface area contributed by atoms with Gasteiger partial charge in [0.1, 0.15) is 17.3 Å². The van der Waals surface area contributed by atoms with Crippen LogP contribution in [0.25, 0.3) is 0 Å². The molecule has 0 aliphatic carbocycles. The van der Waals surface area contributed by atoms with Gasteiger partial charge in [0.2, 0.25) is 0 Å². The number of nitrogens with two attached hydrogens (primary N) is 1. The smallest absolute Gasteiger partial charge is 0.147 e. The highest BCUT2D eigenvalue weighted by Gasteiger charge is 1.99. The average Bonchev–Trinajstić information content (AvgIpc) is 2.17. The van der Waals surface area contributed by atoms with Crippen molar-refractivity contribution in [2.45, 2.75) is 0 Å². The fourth-order valence-corrected chi connectivity index (χ4v) is 1.16. The summed E-state index contributed by atoms with van der Waals surface area (Å²) in [4.78, 5) is 3.86. The van der Waals surface area contributed by atoms with Crippen molar-refractivity contribution in [1.82, 2.24) is 4.98 Å². The van der Waals surface area contributed by atoms with Crippen LogP contribution < -0.4 is 10.5 Å². The van der Waals surface area contributed by atoms with Gasteiger partial charge in [-0.3, -0.25) is 4.98 Å². The molecule has 0 saturated carbocycles. The Labute approximate surface area is 86.3 Å². The Morgan fingerprint density at radius 1 is 1.13 bits per heavy atom. The van der Waals surface area contributed by atoms with Gasteiger partial charge in [-0.2, -0.15) is 0 Å². The van der Waals surface area contributed by atoms with Gasteiger partial charge >= 0.3 is 0 Å². The van der Waals surface area contributed by atoms with Crippen molar-refractivity contribution in [2.75, 3.05) is 5.73 Å². The van der Waals surface area contributed by atoms with Crippen LogP contribution in [0.15, 0.2) is 42.7 Å². The number of rotatable bonds is 2. The zero-order valence-corrected chi connectivity index (χ0v) is 7.85. The van der Waals surface area contributed by atoms with Crippen molar-refractivity contribution in [2.24, 2.45) is 0 Å². The predicted octanol–water partition coefficient (Wildman–Crippen LogP) is 2.60. The van der Waals surface area contributed by atoms with Crippen LogP contribution in [0.4, 0.5) is 10.1 Å². The zero-order chi connectivity index (χ0) is 10.7. The summed E-state index contributed by atoms with van der Waals surface area (Å²) in [5.74, 6) is 0.562. The van der Waals surface area contributed by atoms with E-state index in [0.717, 1.165) is 0 Å². The maximum atomic E-state index is 12.8. The number of anilines is 1. The SMILES string of the molecule is Nc1cncc(Oc2cccc(F)c2)c1. The number of hydrogen-bond donors (Lipinski definition) is 1. The minimum atomic E-state index is -0.343. The van der Waals surface area contributed by atoms with E-state index in [0.29, 0.717) is 17.2 Å². The first-order chi connectivity index (χ1) is 7.24. The minimum Gasteiger partial charge on any atom is -0.456 e. The molecule has 0 saturated heterocycles. The van der Waals surface area contributed by atoms with Crippen molar-refractivity contribution >= 4 is 5.69 Å². The molecule has 0 bridgehead atoms. The molecular formula is C11H9FN2O. The lowest BCUT2D eigenvalue weighted by molar-refractivity contribution is 0.475. The molecule has 76 valence electrons. The number of nitrogens with zero attached hydrogens (tertiary/aromatic N) is 1. The standard InChI is InChI=1S/C11H9FN2O/c12-8-2-1-3-10(4-8)15-11-5-9(13)6-14-7-11/h1-7H,13H2. The number of halogens is 1. The summed E-state index contributed by atoms with van der Waals surface area (Å²) in [6, 6.07) is 7.50. The fourth-order valence-electron chi connectivity index (χ4n) is 1.16. The van der Waals surface area contributed by atoms with E-state index in [9.17, 15) is 4.39 Å². The Hall–Kier alpha value is -2.10. The molecule has 1 aromatic carbocycles. The van der Waals surface area contributed by atoms with Crippen LogP contribution in [0, 0.1) is 5.82 Å². The van der Waals surface area contributed by atoms with Crippen LogP contribution in [0.1, 0.15) is 0 Å². The predicted molar refractivity (Wildman–Crippen MR) is 55.1 cm³/mol. The van der Waals surface area contributed by atoms with Gasteiger partial charge in [0.25, 0.3) is 0 Å². The molecule has 0 aliphatic rings. The van der Waals surface area contributed by atoms with Crippen LogP contribution in [-0.2, 0) is 0 Å². The second kappa shape index (κ2) is 3.96. The Balaban J connectivity index is 2.22. The molecule has 0 atom stereocenters. The van der Waals surface area contributed by atoms with Gasteiger partial charge in [-0.25, -0.2) is 4.39 Å². The molecule has 3 nitrogen and oxygen atoms in total. The highest BCUT2D eigenvalue weighted by atomic mass is 19.1. The molecule has 0 fully saturated rings. The lowest BCUT2D eigenvalue weighted by Crippen LogP contribution is -1.89. The molecule has 2 aromatic rings. The van der Waals surface area contributed by atoms with E-state index >= 15 is 0 Å². The van der Waals surface area contributed by atoms with Gasteiger partial charge in [0, 0.05) is 12.1 Å². The van der Waals surface area contributed by atoms with E-state index in [1.807, 2.05) is 0 Å². The van der Waals surface area contributed by atoms with Gasteiger partial charge in [-0.05, 0) is 12.1 Å². The lowest BCUT2D eigenvalue weighted by atomic mass is 10.3. The van der Waals surface area contributed by atoms with E-state index in [1.165, 1.54) is 24.5 Å². The normalized spacial score (nSPS) is 9.93. The third kappa shape index (κ3) is 2.43. The van der Waals surface area contributed by atoms with E-state index in [2.05, 4.69) is 4.98 Å². The topological polar surface area (TPSA) is 48.1 Å². The summed E-state index contributed by atoms with van der Waals surface area (Å²) in [5, 5.41) is 0. The number of aromatic nitrogens is 1. The van der Waals surface area contributed by atoms with Crippen molar-refractivity contribution in [3.63, 3.8) is 0 Å². The number of pyridine rings is 1. The van der Waals surface area contributed by atoms with Gasteiger partial charge in [-0.15, -0.1) is 0 Å². The maximum absolute atomic E-state index is 12.8. The summed E-state index contributed by atoms with van der Waals surface area (Å²) >= 11 is 0. The second-order valence-corrected chi connectivity index (χ2v) is 3.01. The van der Waals surface area contributed by atoms with Crippen LogP contribution >= 0.6 is 0 Å². The van der Waals surface area contributed by atoms with Crippen molar-refractivity contribution in [1.29, 1.82) is 0 Å². The average molecular weight is 204 g/mol. The van der Waals surface area contributed by atoms with Crippen LogP contribution in [0.2, 0.25) is 0 Å². The second-order valence-electron chi connectivity index (χ2n) is 3.01. The monoisotopic (exact) mass is 204 g/mol. The Morgan fingerprint density at radius 3 is 2.73 bits per heavy atom. The van der Waals surface area contributed by atoms with Crippen LogP contribution in [0.5, 0.6) is 11.5 Å². The van der Waals surface area contributed by atoms with E-state index in [1.54, 1.807) is 18.2 Å². The van der Waals surface area contributed by atoms with Gasteiger partial charge < -0.3 is 10.5 Å². The maximum Gasteiger partial charge on any atom is 0.147 e. The summed E-state index contributed by atoms with van der Waals surface area (Å²) in [6.45, 7) is 0. The first kappa shape index (κ1) is 9.45. The van der Waals surface area contributed by atoms with Crippen molar-refractivity contribution in [3.8, 4) is 11.5 Å². The fraction of sp³-hybridized carbons (Fsp3) is 0. The first-order valence-electron chi connectivity index (χ1n) is 4.38. The number of hydrogen-bond acceptors (Lipinski definition) is 3. The highest BCUT2D eigenvalue weighted by Crippen LogP contribution is 2.22. The number of benzene rings is 1. The highest BCUT2D eigenvalue weighted by molar-refractivity contribution is 5.41. The summed E-state index contributed by atoms with van der Waals surface area (Å²) < 4.78 is 18.2. The van der Waals surface area contributed by atoms with Crippen LogP contribution in [0.3, 0.4) is 0 Å². The van der Waals surface area contributed by atoms with E-state index < -0.39 is 0 Å². The molecule has 0 radical (unpaired) electrons. The van der Waals surface area contributed by atoms with E-state index in [-0.39, 0.29) is 5.82 Å². The summed E-state index contributed by atoms with van der Waals surface area (Å²) in [7, 11) is 0. The molecule has 0 unspecified atom stereocenters. The number of ether oxygens (including phenoxy) is 1. The third-order valence-electron chi connectivity index (χ3n) is 1.77. The molecule has 1 aromatic heterocycles. The van der Waals surface area contributed by atoms with E-state index in [4.69, 9.17) is 10.5 Å². The Bertz CT molecular complexity index is 430. The molecule has 0 spiro atoms. The molecular weight excluding hydrogens is 195 g/mol. The summed E-state index contributed by atoms with van der Waals surface area (Å²) in [6.07, 6.45) is 3.03. The van der Waals surface area contributed by atoms with Gasteiger partial charge in [0.15, 0.2) is 0 Å². The van der Waals surface area contributed by atoms with Crippen molar-refractivity contribution in [3.05, 3.63) is 48.5 Å². The molecule has 2 N–H and O–H groups in total. The molecule has 1 heterocycles. The molecule has 4 heteroatoms. The largest absolute Gasteiger partial charge is 0.456 e. The van der Waals surface area contributed by atoms with Crippen molar-refractivity contribution < 1.29 is 9.13 Å². The molecule has 2 rings (SSSR count). The number of nitrogen functional groups attached to an aromatic ring is 1. The van der Waals surface area contributed by atoms with Gasteiger partial charge in [-0.1, -0.05) is 6.07 Å². The minimum absolute atomic E-state index is 0.343. The van der Waals surface area contributed by atoms with Gasteiger partial charge in [0.05, 0.1) is 18.1 Å². The first-order valence-corrected chi connectivity index (χ1v) is 4.38.